The predicted octanol–water partition coefficient (Wildman–Crippen LogP) is -0.989. The highest BCUT2D eigenvalue weighted by Crippen LogP contribution is 2.19. The molecule has 0 radical (unpaired) electrons. The molecule has 0 bridgehead atoms. The third-order valence-electron chi connectivity index (χ3n) is 3.04. The number of hydrogen-bond acceptors (Lipinski definition) is 6. The Morgan fingerprint density at radius 2 is 1.65 bits per heavy atom. The molecule has 0 fully saturated rings. The largest absolute Gasteiger partial charge is 0.481 e. The normalized spacial score (nSPS) is 13.6. The fourth-order valence-corrected chi connectivity index (χ4v) is 1.12. The van der Waals surface area contributed by atoms with Crippen molar-refractivity contribution in [2.75, 3.05) is 13.2 Å². The lowest BCUT2D eigenvalue weighted by Crippen LogP contribution is -2.45. The average Bonchev–Trinajstić information content (AvgIpc) is 2.45. The standard InChI is InChI=1S/C9H17NO5.C5H11NO2/c1-9(2,5-11)7(14)8(15)10-4-3-6(12)13;1-3(2)4(6)5(7)8/h7,11,14H,3-5H2,1-2H3,(H,10,15)(H,12,13);3-4H,6H2,1-2H3,(H,7,8). The molecular formula is C14H28N2O7. The van der Waals surface area contributed by atoms with Crippen LogP contribution in [0, 0.1) is 11.3 Å². The molecule has 0 rings (SSSR count). The Hall–Kier alpha value is -1.71. The predicted molar refractivity (Wildman–Crippen MR) is 82.6 cm³/mol. The summed E-state index contributed by atoms with van der Waals surface area (Å²) in [6, 6.07) is -0.713. The maximum Gasteiger partial charge on any atom is 0.320 e. The summed E-state index contributed by atoms with van der Waals surface area (Å²) in [5, 5.41) is 37.2. The number of carbonyl (C=O) groups is 3. The van der Waals surface area contributed by atoms with Crippen molar-refractivity contribution >= 4 is 17.8 Å². The summed E-state index contributed by atoms with van der Waals surface area (Å²) in [4.78, 5) is 31.4. The number of nitrogens with two attached hydrogens (primary N) is 1. The Morgan fingerprint density at radius 1 is 1.17 bits per heavy atom. The molecule has 0 aliphatic carbocycles. The summed E-state index contributed by atoms with van der Waals surface area (Å²) in [5.74, 6) is -2.60. The summed E-state index contributed by atoms with van der Waals surface area (Å²) in [5.41, 5.74) is 4.22. The summed E-state index contributed by atoms with van der Waals surface area (Å²) in [6.07, 6.45) is -1.55. The number of carbonyl (C=O) groups excluding carboxylic acids is 1. The number of carboxylic acids is 2. The Bertz CT molecular complexity index is 397. The second-order valence-electron chi connectivity index (χ2n) is 6.09. The molecule has 0 saturated carbocycles. The number of aliphatic hydroxyl groups excluding tert-OH is 2. The SMILES string of the molecule is CC(C)(CO)C(O)C(=O)NCCC(=O)O.CC(C)C(N)C(=O)O. The molecule has 0 saturated heterocycles. The minimum Gasteiger partial charge on any atom is -0.481 e. The van der Waals surface area contributed by atoms with Crippen LogP contribution in [0.2, 0.25) is 0 Å². The molecule has 136 valence electrons. The van der Waals surface area contributed by atoms with Gasteiger partial charge in [0.2, 0.25) is 5.91 Å². The molecule has 0 aromatic heterocycles. The molecule has 2 atom stereocenters. The first kappa shape index (κ1) is 23.6. The van der Waals surface area contributed by atoms with Crippen molar-refractivity contribution in [3.8, 4) is 0 Å². The number of rotatable bonds is 8. The Balaban J connectivity index is 0. The van der Waals surface area contributed by atoms with Crippen LogP contribution in [0.3, 0.4) is 0 Å². The molecule has 0 aromatic rings. The Labute approximate surface area is 135 Å². The topological polar surface area (TPSA) is 170 Å². The van der Waals surface area contributed by atoms with Gasteiger partial charge in [0.1, 0.15) is 12.1 Å². The first-order valence-electron chi connectivity index (χ1n) is 7.13. The van der Waals surface area contributed by atoms with E-state index < -0.39 is 35.4 Å². The Morgan fingerprint density at radius 3 is 1.91 bits per heavy atom. The second kappa shape index (κ2) is 10.9. The molecular weight excluding hydrogens is 308 g/mol. The molecule has 0 aliphatic heterocycles. The van der Waals surface area contributed by atoms with Crippen molar-refractivity contribution < 1.29 is 34.8 Å². The minimum atomic E-state index is -1.35. The van der Waals surface area contributed by atoms with E-state index in [0.29, 0.717) is 0 Å². The summed E-state index contributed by atoms with van der Waals surface area (Å²) in [6.45, 7) is 6.26. The number of amides is 1. The van der Waals surface area contributed by atoms with Crippen LogP contribution in [0.5, 0.6) is 0 Å². The van der Waals surface area contributed by atoms with Gasteiger partial charge in [0, 0.05) is 12.0 Å². The lowest BCUT2D eigenvalue weighted by molar-refractivity contribution is -0.140. The number of carboxylic acid groups (broad SMARTS) is 2. The molecule has 9 nitrogen and oxygen atoms in total. The van der Waals surface area contributed by atoms with Gasteiger partial charge in [0.05, 0.1) is 13.0 Å². The smallest absolute Gasteiger partial charge is 0.320 e. The van der Waals surface area contributed by atoms with E-state index in [1.807, 2.05) is 0 Å². The number of hydrogen-bond donors (Lipinski definition) is 6. The van der Waals surface area contributed by atoms with Crippen LogP contribution in [-0.4, -0.2) is 63.6 Å². The van der Waals surface area contributed by atoms with Gasteiger partial charge >= 0.3 is 11.9 Å². The van der Waals surface area contributed by atoms with Crippen molar-refractivity contribution in [2.24, 2.45) is 17.1 Å². The molecule has 0 spiro atoms. The maximum absolute atomic E-state index is 11.3. The van der Waals surface area contributed by atoms with Crippen LogP contribution in [0.4, 0.5) is 0 Å². The first-order valence-corrected chi connectivity index (χ1v) is 7.13. The van der Waals surface area contributed by atoms with Gasteiger partial charge in [-0.05, 0) is 5.92 Å². The molecule has 0 heterocycles. The van der Waals surface area contributed by atoms with Crippen LogP contribution < -0.4 is 11.1 Å². The highest BCUT2D eigenvalue weighted by Gasteiger charge is 2.32. The van der Waals surface area contributed by atoms with Gasteiger partial charge < -0.3 is 31.5 Å². The van der Waals surface area contributed by atoms with E-state index in [1.54, 1.807) is 13.8 Å². The van der Waals surface area contributed by atoms with Crippen molar-refractivity contribution in [2.45, 2.75) is 46.3 Å². The minimum absolute atomic E-state index is 0.0208. The second-order valence-corrected chi connectivity index (χ2v) is 6.09. The quantitative estimate of drug-likeness (QED) is 0.328. The number of aliphatic carboxylic acids is 2. The highest BCUT2D eigenvalue weighted by molar-refractivity contribution is 5.81. The molecule has 2 unspecified atom stereocenters. The summed E-state index contributed by atoms with van der Waals surface area (Å²) in [7, 11) is 0. The Kier molecular flexibility index (Phi) is 11.2. The van der Waals surface area contributed by atoms with Gasteiger partial charge in [-0.15, -0.1) is 0 Å². The zero-order valence-corrected chi connectivity index (χ0v) is 13.9. The maximum atomic E-state index is 11.3. The molecule has 7 N–H and O–H groups in total. The molecule has 0 aromatic carbocycles. The van der Waals surface area contributed by atoms with E-state index in [-0.39, 0.29) is 25.5 Å². The fraction of sp³-hybridized carbons (Fsp3) is 0.786. The van der Waals surface area contributed by atoms with E-state index in [9.17, 15) is 19.5 Å². The van der Waals surface area contributed by atoms with Crippen LogP contribution in [0.1, 0.15) is 34.1 Å². The molecule has 9 heteroatoms. The monoisotopic (exact) mass is 336 g/mol. The lowest BCUT2D eigenvalue weighted by atomic mass is 9.87. The third-order valence-corrected chi connectivity index (χ3v) is 3.04. The van der Waals surface area contributed by atoms with Crippen molar-refractivity contribution in [3.05, 3.63) is 0 Å². The van der Waals surface area contributed by atoms with Crippen molar-refractivity contribution in [3.63, 3.8) is 0 Å². The molecule has 0 aliphatic rings. The number of nitrogens with one attached hydrogen (secondary N) is 1. The molecule has 23 heavy (non-hydrogen) atoms. The van der Waals surface area contributed by atoms with Gasteiger partial charge in [0.15, 0.2) is 0 Å². The third kappa shape index (κ3) is 10.6. The van der Waals surface area contributed by atoms with Crippen molar-refractivity contribution in [1.82, 2.24) is 5.32 Å². The van der Waals surface area contributed by atoms with Gasteiger partial charge in [-0.25, -0.2) is 0 Å². The first-order chi connectivity index (χ1) is 10.4. The van der Waals surface area contributed by atoms with Gasteiger partial charge in [0.25, 0.3) is 0 Å². The van der Waals surface area contributed by atoms with Crippen LogP contribution in [0.25, 0.3) is 0 Å². The van der Waals surface area contributed by atoms with E-state index >= 15 is 0 Å². The van der Waals surface area contributed by atoms with Gasteiger partial charge in [-0.2, -0.15) is 0 Å². The van der Waals surface area contributed by atoms with E-state index in [4.69, 9.17) is 21.1 Å². The summed E-state index contributed by atoms with van der Waals surface area (Å²) >= 11 is 0. The highest BCUT2D eigenvalue weighted by atomic mass is 16.4. The average molecular weight is 336 g/mol. The van der Waals surface area contributed by atoms with Crippen molar-refractivity contribution in [1.29, 1.82) is 0 Å². The zero-order chi connectivity index (χ0) is 18.8. The lowest BCUT2D eigenvalue weighted by Gasteiger charge is -2.26. The van der Waals surface area contributed by atoms with E-state index in [1.165, 1.54) is 13.8 Å². The van der Waals surface area contributed by atoms with Crippen LogP contribution in [0.15, 0.2) is 0 Å². The van der Waals surface area contributed by atoms with E-state index in [2.05, 4.69) is 5.32 Å². The van der Waals surface area contributed by atoms with Crippen LogP contribution in [-0.2, 0) is 14.4 Å². The number of aliphatic hydroxyl groups is 2. The zero-order valence-electron chi connectivity index (χ0n) is 13.9. The van der Waals surface area contributed by atoms with Gasteiger partial charge in [-0.1, -0.05) is 27.7 Å². The van der Waals surface area contributed by atoms with Crippen LogP contribution >= 0.6 is 0 Å². The van der Waals surface area contributed by atoms with E-state index in [0.717, 1.165) is 0 Å². The molecule has 1 amide bonds. The summed E-state index contributed by atoms with van der Waals surface area (Å²) < 4.78 is 0. The van der Waals surface area contributed by atoms with Gasteiger partial charge in [-0.3, -0.25) is 14.4 Å². The fourth-order valence-electron chi connectivity index (χ4n) is 1.12.